The van der Waals surface area contributed by atoms with Gasteiger partial charge in [0.2, 0.25) is 5.91 Å². The van der Waals surface area contributed by atoms with Gasteiger partial charge >= 0.3 is 0 Å². The predicted octanol–water partition coefficient (Wildman–Crippen LogP) is 5.64. The van der Waals surface area contributed by atoms with Crippen molar-refractivity contribution in [1.82, 2.24) is 30.1 Å². The number of rotatable bonds is 5. The van der Waals surface area contributed by atoms with Gasteiger partial charge in [0, 0.05) is 45.6 Å². The third kappa shape index (κ3) is 3.52. The van der Waals surface area contributed by atoms with E-state index in [1.165, 1.54) is 4.88 Å². The summed E-state index contributed by atoms with van der Waals surface area (Å²) in [6, 6.07) is 10.1. The molecule has 0 radical (unpaired) electrons. The zero-order chi connectivity index (χ0) is 23.1. The van der Waals surface area contributed by atoms with Crippen LogP contribution in [0.5, 0.6) is 0 Å². The number of H-pyrrole nitrogens is 2. The zero-order valence-electron chi connectivity index (χ0n) is 18.2. The average Bonchev–Trinajstić information content (AvgIpc) is 3.62. The number of carbonyl (C=O) groups excluding carboxylic acids is 1. The molecule has 0 aliphatic carbocycles. The zero-order valence-corrected chi connectivity index (χ0v) is 19.0. The Kier molecular flexibility index (Phi) is 4.88. The number of nitrogens with zero attached hydrogens (tertiary/aromatic N) is 4. The van der Waals surface area contributed by atoms with E-state index in [9.17, 15) is 4.79 Å². The number of aromatic nitrogens is 6. The number of thiophene rings is 1. The van der Waals surface area contributed by atoms with Crippen molar-refractivity contribution in [3.05, 3.63) is 66.7 Å². The third-order valence-corrected chi connectivity index (χ3v) is 6.58. The fraction of sp³-hybridized carbons (Fsp3) is 0.0800. The maximum atomic E-state index is 11.8. The number of anilines is 1. The molecule has 0 fully saturated rings. The van der Waals surface area contributed by atoms with Crippen LogP contribution in [-0.2, 0) is 4.79 Å². The van der Waals surface area contributed by atoms with Gasteiger partial charge in [0.15, 0.2) is 0 Å². The van der Waals surface area contributed by atoms with Crippen LogP contribution in [0.1, 0.15) is 13.3 Å². The molecular formula is C25H19N7OS. The lowest BCUT2D eigenvalue weighted by Crippen LogP contribution is -2.09. The Morgan fingerprint density at radius 3 is 2.79 bits per heavy atom. The number of aromatic amines is 2. The van der Waals surface area contributed by atoms with Crippen LogP contribution in [0, 0.1) is 0 Å². The quantitative estimate of drug-likeness (QED) is 0.305. The van der Waals surface area contributed by atoms with Crippen LogP contribution in [-0.4, -0.2) is 36.0 Å². The first kappa shape index (κ1) is 20.3. The summed E-state index contributed by atoms with van der Waals surface area (Å²) in [4.78, 5) is 29.7. The van der Waals surface area contributed by atoms with Crippen LogP contribution < -0.4 is 5.32 Å². The first-order valence-corrected chi connectivity index (χ1v) is 11.7. The Balaban J connectivity index is 1.43. The molecule has 0 aromatic carbocycles. The van der Waals surface area contributed by atoms with Gasteiger partial charge in [-0.25, -0.2) is 0 Å². The number of carbonyl (C=O) groups is 1. The van der Waals surface area contributed by atoms with Gasteiger partial charge in [-0.05, 0) is 29.6 Å². The van der Waals surface area contributed by atoms with Crippen molar-refractivity contribution < 1.29 is 4.79 Å². The smallest absolute Gasteiger partial charge is 0.224 e. The molecule has 6 heterocycles. The summed E-state index contributed by atoms with van der Waals surface area (Å²) in [5, 5.41) is 14.6. The van der Waals surface area contributed by atoms with Crippen LogP contribution in [0.15, 0.2) is 66.7 Å². The van der Waals surface area contributed by atoms with E-state index in [2.05, 4.69) is 53.0 Å². The lowest BCUT2D eigenvalue weighted by Gasteiger charge is -2.06. The molecule has 6 aromatic heterocycles. The Morgan fingerprint density at radius 2 is 1.94 bits per heavy atom. The molecule has 0 aliphatic rings. The van der Waals surface area contributed by atoms with Gasteiger partial charge in [-0.2, -0.15) is 5.10 Å². The van der Waals surface area contributed by atoms with E-state index in [0.717, 1.165) is 50.0 Å². The average molecular weight is 466 g/mol. The molecule has 0 unspecified atom stereocenters. The molecule has 166 valence electrons. The Morgan fingerprint density at radius 1 is 1.03 bits per heavy atom. The van der Waals surface area contributed by atoms with Gasteiger partial charge in [0.25, 0.3) is 0 Å². The molecular weight excluding hydrogens is 446 g/mol. The third-order valence-electron chi connectivity index (χ3n) is 5.67. The van der Waals surface area contributed by atoms with Crippen molar-refractivity contribution in [1.29, 1.82) is 0 Å². The molecule has 6 rings (SSSR count). The molecule has 0 atom stereocenters. The normalized spacial score (nSPS) is 11.3. The van der Waals surface area contributed by atoms with Crippen molar-refractivity contribution in [2.75, 3.05) is 5.32 Å². The summed E-state index contributed by atoms with van der Waals surface area (Å²) in [5.41, 5.74) is 6.77. The van der Waals surface area contributed by atoms with Gasteiger partial charge in [-0.1, -0.05) is 13.0 Å². The van der Waals surface area contributed by atoms with Crippen molar-refractivity contribution in [3.63, 3.8) is 0 Å². The highest BCUT2D eigenvalue weighted by atomic mass is 32.1. The molecule has 0 spiro atoms. The minimum Gasteiger partial charge on any atom is -0.352 e. The number of hydrogen-bond donors (Lipinski definition) is 3. The Labute approximate surface area is 198 Å². The highest BCUT2D eigenvalue weighted by Gasteiger charge is 2.15. The molecule has 0 bridgehead atoms. The first-order chi connectivity index (χ1) is 16.7. The van der Waals surface area contributed by atoms with Crippen molar-refractivity contribution in [2.45, 2.75) is 13.3 Å². The van der Waals surface area contributed by atoms with E-state index in [0.29, 0.717) is 12.1 Å². The largest absolute Gasteiger partial charge is 0.352 e. The maximum Gasteiger partial charge on any atom is 0.224 e. The van der Waals surface area contributed by atoms with E-state index in [1.807, 2.05) is 37.5 Å². The van der Waals surface area contributed by atoms with Crippen LogP contribution in [0.3, 0.4) is 0 Å². The number of nitrogens with one attached hydrogen (secondary N) is 3. The van der Waals surface area contributed by atoms with E-state index in [1.54, 1.807) is 29.9 Å². The van der Waals surface area contributed by atoms with E-state index in [4.69, 9.17) is 0 Å². The fourth-order valence-electron chi connectivity index (χ4n) is 3.98. The molecule has 1 amide bonds. The van der Waals surface area contributed by atoms with Gasteiger partial charge in [-0.15, -0.1) is 11.3 Å². The number of amides is 1. The molecule has 6 aromatic rings. The minimum atomic E-state index is -0.0605. The molecule has 9 heteroatoms. The van der Waals surface area contributed by atoms with Gasteiger partial charge < -0.3 is 10.3 Å². The van der Waals surface area contributed by atoms with E-state index >= 15 is 0 Å². The summed E-state index contributed by atoms with van der Waals surface area (Å²) in [5.74, 6) is -0.0605. The number of hydrogen-bond acceptors (Lipinski definition) is 6. The van der Waals surface area contributed by atoms with Gasteiger partial charge in [-0.3, -0.25) is 24.8 Å². The molecule has 0 aliphatic heterocycles. The second-order valence-corrected chi connectivity index (χ2v) is 8.81. The second-order valence-electron chi connectivity index (χ2n) is 7.86. The van der Waals surface area contributed by atoms with Gasteiger partial charge in [0.05, 0.1) is 46.7 Å². The van der Waals surface area contributed by atoms with Gasteiger partial charge in [0.1, 0.15) is 5.69 Å². The molecule has 8 nitrogen and oxygen atoms in total. The van der Waals surface area contributed by atoms with Crippen LogP contribution >= 0.6 is 11.3 Å². The molecule has 3 N–H and O–H groups in total. The molecule has 0 saturated heterocycles. The minimum absolute atomic E-state index is 0.0605. The molecule has 0 saturated carbocycles. The summed E-state index contributed by atoms with van der Waals surface area (Å²) < 4.78 is 0. The van der Waals surface area contributed by atoms with E-state index in [-0.39, 0.29) is 5.91 Å². The summed E-state index contributed by atoms with van der Waals surface area (Å²) >= 11 is 1.69. The summed E-state index contributed by atoms with van der Waals surface area (Å²) in [6.07, 6.45) is 9.26. The SMILES string of the molecule is CCC(=O)Nc1cncc(-c2cc3c(-c4cc5c(-c6cccs6)cncc5[nH]4)n[nH]c3cn2)c1. The highest BCUT2D eigenvalue weighted by Crippen LogP contribution is 2.35. The molecule has 34 heavy (non-hydrogen) atoms. The highest BCUT2D eigenvalue weighted by molar-refractivity contribution is 7.13. The first-order valence-electron chi connectivity index (χ1n) is 10.8. The predicted molar refractivity (Wildman–Crippen MR) is 134 cm³/mol. The van der Waals surface area contributed by atoms with E-state index < -0.39 is 0 Å². The van der Waals surface area contributed by atoms with Crippen molar-refractivity contribution >= 4 is 44.7 Å². The second kappa shape index (κ2) is 8.20. The monoisotopic (exact) mass is 465 g/mol. The standard InChI is InChI=1S/C25H19N7OS/c1-2-24(33)29-15-6-14(9-26-10-15)19-8-17-22(13-28-19)31-32-25(17)20-7-16-18(23-4-3-5-34-23)11-27-12-21(16)30-20/h3-13,30H,2H2,1H3,(H,29,33)(H,31,32). The topological polar surface area (TPSA) is 112 Å². The maximum absolute atomic E-state index is 11.8. The van der Waals surface area contributed by atoms with Crippen molar-refractivity contribution in [3.8, 4) is 33.1 Å². The number of fused-ring (bicyclic) bond motifs is 2. The Bertz CT molecular complexity index is 1650. The Hall–Kier alpha value is -4.37. The van der Waals surface area contributed by atoms with Crippen LogP contribution in [0.2, 0.25) is 0 Å². The van der Waals surface area contributed by atoms with Crippen molar-refractivity contribution in [2.24, 2.45) is 0 Å². The lowest BCUT2D eigenvalue weighted by atomic mass is 10.1. The van der Waals surface area contributed by atoms with Crippen LogP contribution in [0.4, 0.5) is 5.69 Å². The number of pyridine rings is 3. The summed E-state index contributed by atoms with van der Waals surface area (Å²) in [7, 11) is 0. The summed E-state index contributed by atoms with van der Waals surface area (Å²) in [6.45, 7) is 1.81. The fourth-order valence-corrected chi connectivity index (χ4v) is 4.74. The lowest BCUT2D eigenvalue weighted by molar-refractivity contribution is -0.115. The van der Waals surface area contributed by atoms with Crippen LogP contribution in [0.25, 0.3) is 54.9 Å².